The topological polar surface area (TPSA) is 90.9 Å². The summed E-state index contributed by atoms with van der Waals surface area (Å²) in [5.41, 5.74) is 8.87. The highest BCUT2D eigenvalue weighted by Gasteiger charge is 2.27. The second kappa shape index (κ2) is 6.92. The van der Waals surface area contributed by atoms with Crippen LogP contribution in [0, 0.1) is 12.3 Å². The molecular weight excluding hydrogens is 352 g/mol. The summed E-state index contributed by atoms with van der Waals surface area (Å²) in [4.78, 5) is 13.2. The molecule has 0 amide bonds. The fraction of sp³-hybridized carbons (Fsp3) is 0.278. The van der Waals surface area contributed by atoms with Crippen molar-refractivity contribution >= 4 is 34.3 Å². The molecule has 7 nitrogen and oxygen atoms in total. The van der Waals surface area contributed by atoms with E-state index in [9.17, 15) is 0 Å². The number of rotatable bonds is 4. The molecule has 3 heterocycles. The van der Waals surface area contributed by atoms with Crippen molar-refractivity contribution in [3.63, 3.8) is 0 Å². The highest BCUT2D eigenvalue weighted by molar-refractivity contribution is 6.30. The molecule has 1 saturated heterocycles. The lowest BCUT2D eigenvalue weighted by Crippen LogP contribution is -2.10. The number of halogens is 1. The monoisotopic (exact) mass is 368 g/mol. The smallest absolute Gasteiger partial charge is 0.167 e. The average Bonchev–Trinajstić information content (AvgIpc) is 3.30. The van der Waals surface area contributed by atoms with Crippen LogP contribution in [0.5, 0.6) is 0 Å². The first kappa shape index (κ1) is 16.8. The van der Waals surface area contributed by atoms with Crippen molar-refractivity contribution in [3.8, 4) is 12.3 Å². The number of nitrogens with zero attached hydrogens (tertiary/aromatic N) is 4. The Morgan fingerprint density at radius 2 is 2.23 bits per heavy atom. The van der Waals surface area contributed by atoms with Crippen LogP contribution in [-0.2, 0) is 11.3 Å². The largest absolute Gasteiger partial charge is 0.342 e. The quantitative estimate of drug-likeness (QED) is 0.688. The summed E-state index contributed by atoms with van der Waals surface area (Å²) in [6.07, 6.45) is 9.96. The van der Waals surface area contributed by atoms with E-state index in [1.54, 1.807) is 12.4 Å². The maximum atomic E-state index is 6.04. The van der Waals surface area contributed by atoms with Gasteiger partial charge in [-0.15, -0.1) is 6.42 Å². The number of hydrogen-bond donors (Lipinski definition) is 2. The van der Waals surface area contributed by atoms with Crippen LogP contribution >= 0.6 is 11.6 Å². The maximum Gasteiger partial charge on any atom is 0.167 e. The number of nitrogens with two attached hydrogens (primary N) is 1. The molecule has 4 rings (SSSR count). The second-order valence-electron chi connectivity index (χ2n) is 6.00. The number of nitrogens with one attached hydrogen (secondary N) is 1. The van der Waals surface area contributed by atoms with Gasteiger partial charge in [0.1, 0.15) is 18.7 Å². The number of terminal acetylenes is 1. The zero-order chi connectivity index (χ0) is 18.1. The van der Waals surface area contributed by atoms with Crippen LogP contribution in [0.1, 0.15) is 24.6 Å². The Bertz CT molecular complexity index is 995. The van der Waals surface area contributed by atoms with E-state index < -0.39 is 0 Å². The van der Waals surface area contributed by atoms with Crippen LogP contribution in [0.15, 0.2) is 30.9 Å². The lowest BCUT2D eigenvalue weighted by Gasteiger charge is -2.13. The van der Waals surface area contributed by atoms with Crippen molar-refractivity contribution in [2.24, 2.45) is 5.73 Å². The first-order valence-corrected chi connectivity index (χ1v) is 8.62. The lowest BCUT2D eigenvalue weighted by molar-refractivity contribution is 0.0300. The summed E-state index contributed by atoms with van der Waals surface area (Å²) in [6, 6.07) is 5.49. The van der Waals surface area contributed by atoms with E-state index >= 15 is 0 Å². The summed E-state index contributed by atoms with van der Waals surface area (Å²) in [7, 11) is 0. The third kappa shape index (κ3) is 2.99. The molecule has 132 valence electrons. The summed E-state index contributed by atoms with van der Waals surface area (Å²) in [6.45, 7) is 0.356. The van der Waals surface area contributed by atoms with Gasteiger partial charge in [0.05, 0.1) is 6.33 Å². The molecule has 26 heavy (non-hydrogen) atoms. The molecule has 1 aliphatic heterocycles. The minimum Gasteiger partial charge on any atom is -0.342 e. The van der Waals surface area contributed by atoms with Gasteiger partial charge >= 0.3 is 0 Å². The third-order valence-corrected chi connectivity index (χ3v) is 4.63. The molecule has 0 spiro atoms. The second-order valence-corrected chi connectivity index (χ2v) is 6.44. The molecule has 0 saturated carbocycles. The van der Waals surface area contributed by atoms with E-state index in [1.165, 1.54) is 6.33 Å². The normalized spacial score (nSPS) is 19.6. The summed E-state index contributed by atoms with van der Waals surface area (Å²) < 4.78 is 7.74. The Morgan fingerprint density at radius 3 is 3.00 bits per heavy atom. The number of imidazole rings is 1. The first-order chi connectivity index (χ1) is 12.7. The molecule has 2 unspecified atom stereocenters. The van der Waals surface area contributed by atoms with E-state index in [4.69, 9.17) is 28.5 Å². The van der Waals surface area contributed by atoms with Gasteiger partial charge < -0.3 is 15.8 Å². The van der Waals surface area contributed by atoms with Crippen LogP contribution in [0.2, 0.25) is 5.02 Å². The number of ether oxygens (including phenoxy) is 1. The molecule has 2 atom stereocenters. The number of anilines is 2. The summed E-state index contributed by atoms with van der Waals surface area (Å²) >= 11 is 6.04. The van der Waals surface area contributed by atoms with Gasteiger partial charge in [0, 0.05) is 17.3 Å². The molecule has 3 N–H and O–H groups in total. The van der Waals surface area contributed by atoms with Gasteiger partial charge in [0.2, 0.25) is 0 Å². The van der Waals surface area contributed by atoms with Crippen molar-refractivity contribution < 1.29 is 4.74 Å². The Hall–Kier alpha value is -2.66. The Balaban J connectivity index is 1.69. The van der Waals surface area contributed by atoms with Gasteiger partial charge in [-0.25, -0.2) is 15.0 Å². The number of aromatic nitrogens is 4. The van der Waals surface area contributed by atoms with Crippen LogP contribution in [-0.4, -0.2) is 25.6 Å². The standard InChI is InChI=1S/C18H17ClN6O/c1-2-13-4-6-15(26-13)25-10-23-16-17(21-9-22-18(16)25)24-14-5-3-12(19)7-11(14)8-20/h1,3,5,7,9-10,13,15H,4,6,8,20H2,(H,21,22,24). The molecule has 1 fully saturated rings. The minimum absolute atomic E-state index is 0.168. The van der Waals surface area contributed by atoms with E-state index in [1.807, 2.05) is 16.7 Å². The number of fused-ring (bicyclic) bond motifs is 1. The molecule has 2 aromatic heterocycles. The van der Waals surface area contributed by atoms with Crippen LogP contribution in [0.25, 0.3) is 11.2 Å². The van der Waals surface area contributed by atoms with Crippen molar-refractivity contribution in [1.29, 1.82) is 0 Å². The minimum atomic E-state index is -0.168. The molecule has 0 aliphatic carbocycles. The molecule has 8 heteroatoms. The van der Waals surface area contributed by atoms with E-state index in [0.29, 0.717) is 28.5 Å². The Labute approximate surface area is 155 Å². The van der Waals surface area contributed by atoms with Gasteiger partial charge in [0.15, 0.2) is 17.0 Å². The van der Waals surface area contributed by atoms with Gasteiger partial charge in [-0.2, -0.15) is 0 Å². The highest BCUT2D eigenvalue weighted by atomic mass is 35.5. The van der Waals surface area contributed by atoms with Crippen LogP contribution < -0.4 is 11.1 Å². The average molecular weight is 369 g/mol. The lowest BCUT2D eigenvalue weighted by atomic mass is 10.2. The fourth-order valence-electron chi connectivity index (χ4n) is 3.08. The maximum absolute atomic E-state index is 6.04. The molecule has 1 aromatic carbocycles. The van der Waals surface area contributed by atoms with Gasteiger partial charge in [0.25, 0.3) is 0 Å². The predicted molar refractivity (Wildman–Crippen MR) is 99.9 cm³/mol. The van der Waals surface area contributed by atoms with Crippen molar-refractivity contribution in [2.75, 3.05) is 5.32 Å². The molecule has 1 aliphatic rings. The summed E-state index contributed by atoms with van der Waals surface area (Å²) in [5.74, 6) is 3.24. The van der Waals surface area contributed by atoms with Crippen molar-refractivity contribution in [2.45, 2.75) is 31.7 Å². The zero-order valence-corrected chi connectivity index (χ0v) is 14.6. The Kier molecular flexibility index (Phi) is 4.47. The number of benzene rings is 1. The molecule has 0 radical (unpaired) electrons. The van der Waals surface area contributed by atoms with Gasteiger partial charge in [-0.05, 0) is 36.6 Å². The number of hydrogen-bond acceptors (Lipinski definition) is 6. The van der Waals surface area contributed by atoms with E-state index in [2.05, 4.69) is 26.2 Å². The molecule has 0 bridgehead atoms. The summed E-state index contributed by atoms with van der Waals surface area (Å²) in [5, 5.41) is 3.91. The van der Waals surface area contributed by atoms with E-state index in [0.717, 1.165) is 24.1 Å². The molecule has 3 aromatic rings. The van der Waals surface area contributed by atoms with Gasteiger partial charge in [-0.3, -0.25) is 4.57 Å². The third-order valence-electron chi connectivity index (χ3n) is 4.39. The van der Waals surface area contributed by atoms with Crippen LogP contribution in [0.3, 0.4) is 0 Å². The SMILES string of the molecule is C#CC1CCC(n2cnc3c(Nc4ccc(Cl)cc4CN)ncnc32)O1. The van der Waals surface area contributed by atoms with E-state index in [-0.39, 0.29) is 12.3 Å². The fourth-order valence-corrected chi connectivity index (χ4v) is 3.28. The zero-order valence-electron chi connectivity index (χ0n) is 13.9. The van der Waals surface area contributed by atoms with Crippen molar-refractivity contribution in [1.82, 2.24) is 19.5 Å². The van der Waals surface area contributed by atoms with Gasteiger partial charge in [-0.1, -0.05) is 17.5 Å². The Morgan fingerprint density at radius 1 is 1.35 bits per heavy atom. The van der Waals surface area contributed by atoms with Crippen molar-refractivity contribution in [3.05, 3.63) is 41.4 Å². The molecular formula is C18H17ClN6O. The first-order valence-electron chi connectivity index (χ1n) is 8.24. The highest BCUT2D eigenvalue weighted by Crippen LogP contribution is 2.32. The predicted octanol–water partition coefficient (Wildman–Crippen LogP) is 2.99. The van der Waals surface area contributed by atoms with Crippen LogP contribution in [0.4, 0.5) is 11.5 Å².